The van der Waals surface area contributed by atoms with Gasteiger partial charge in [-0.3, -0.25) is 4.79 Å². The van der Waals surface area contributed by atoms with Crippen LogP contribution in [0.4, 0.5) is 0 Å². The van der Waals surface area contributed by atoms with Crippen molar-refractivity contribution in [3.05, 3.63) is 0 Å². The summed E-state index contributed by atoms with van der Waals surface area (Å²) in [6.45, 7) is 2.88. The fourth-order valence-corrected chi connectivity index (χ4v) is 3.30. The zero-order valence-corrected chi connectivity index (χ0v) is 11.9. The third-order valence-corrected chi connectivity index (χ3v) is 4.50. The average molecular weight is 269 g/mol. The molecule has 0 aliphatic carbocycles. The molecule has 0 aromatic rings. The molecule has 1 atom stereocenters. The lowest BCUT2D eigenvalue weighted by Crippen LogP contribution is -2.35. The van der Waals surface area contributed by atoms with E-state index in [1.165, 1.54) is 0 Å². The van der Waals surface area contributed by atoms with Gasteiger partial charge in [-0.25, -0.2) is 0 Å². The molecule has 0 radical (unpaired) electrons. The van der Waals surface area contributed by atoms with Gasteiger partial charge in [0.15, 0.2) is 0 Å². The van der Waals surface area contributed by atoms with E-state index < -0.39 is 0 Å². The fraction of sp³-hybridized carbons (Fsp3) is 0.933. The van der Waals surface area contributed by atoms with E-state index in [1.807, 2.05) is 0 Å². The smallest absolute Gasteiger partial charge is 0.222 e. The van der Waals surface area contributed by atoms with Gasteiger partial charge >= 0.3 is 0 Å². The van der Waals surface area contributed by atoms with E-state index in [-0.39, 0.29) is 6.61 Å². The van der Waals surface area contributed by atoms with Crippen molar-refractivity contribution < 1.29 is 14.6 Å². The first kappa shape index (κ1) is 14.8. The number of carbonyl (C=O) groups excluding carboxylic acids is 1. The maximum atomic E-state index is 12.3. The molecule has 0 spiro atoms. The van der Waals surface area contributed by atoms with Crippen LogP contribution in [0.2, 0.25) is 0 Å². The van der Waals surface area contributed by atoms with Crippen molar-refractivity contribution in [2.75, 3.05) is 26.4 Å². The van der Waals surface area contributed by atoms with Gasteiger partial charge in [-0.05, 0) is 50.9 Å². The number of likely N-dealkylation sites (tertiary alicyclic amines) is 1. The Morgan fingerprint density at radius 3 is 2.74 bits per heavy atom. The topological polar surface area (TPSA) is 49.8 Å². The molecule has 2 fully saturated rings. The minimum atomic E-state index is 0.237. The molecule has 0 bridgehead atoms. The predicted octanol–water partition coefficient (Wildman–Crippen LogP) is 1.96. The third-order valence-electron chi connectivity index (χ3n) is 4.50. The molecule has 2 saturated heterocycles. The Bertz CT molecular complexity index is 277. The van der Waals surface area contributed by atoms with E-state index in [1.54, 1.807) is 0 Å². The van der Waals surface area contributed by atoms with Crippen molar-refractivity contribution >= 4 is 5.91 Å². The van der Waals surface area contributed by atoms with E-state index in [0.29, 0.717) is 24.3 Å². The third kappa shape index (κ3) is 4.46. The highest BCUT2D eigenvalue weighted by atomic mass is 16.5. The lowest BCUT2D eigenvalue weighted by Gasteiger charge is -2.26. The van der Waals surface area contributed by atoms with Crippen LogP contribution in [0.3, 0.4) is 0 Å². The van der Waals surface area contributed by atoms with Gasteiger partial charge in [-0.1, -0.05) is 0 Å². The van der Waals surface area contributed by atoms with Crippen molar-refractivity contribution in [2.24, 2.45) is 5.92 Å². The first-order chi connectivity index (χ1) is 9.31. The second kappa shape index (κ2) is 7.85. The standard InChI is InChI=1S/C15H27NO3/c17-10-2-4-14-3-1-9-16(14)15(18)6-5-13-7-11-19-12-8-13/h13-14,17H,1-12H2. The van der Waals surface area contributed by atoms with Crippen LogP contribution in [-0.4, -0.2) is 48.3 Å². The molecule has 4 nitrogen and oxygen atoms in total. The number of hydrogen-bond donors (Lipinski definition) is 1. The summed E-state index contributed by atoms with van der Waals surface area (Å²) in [7, 11) is 0. The van der Waals surface area contributed by atoms with Crippen molar-refractivity contribution in [1.82, 2.24) is 4.90 Å². The lowest BCUT2D eigenvalue weighted by molar-refractivity contribution is -0.132. The highest BCUT2D eigenvalue weighted by Crippen LogP contribution is 2.25. The van der Waals surface area contributed by atoms with Gasteiger partial charge in [0.05, 0.1) is 0 Å². The summed E-state index contributed by atoms with van der Waals surface area (Å²) in [5.74, 6) is 1.00. The average Bonchev–Trinajstić information content (AvgIpc) is 2.92. The summed E-state index contributed by atoms with van der Waals surface area (Å²) in [6.07, 6.45) is 7.95. The number of hydrogen-bond acceptors (Lipinski definition) is 3. The SMILES string of the molecule is O=C(CCC1CCOCC1)N1CCCC1CCCO. The van der Waals surface area contributed by atoms with Gasteiger partial charge in [0, 0.05) is 38.8 Å². The molecule has 2 aliphatic rings. The largest absolute Gasteiger partial charge is 0.396 e. The Kier molecular flexibility index (Phi) is 6.11. The lowest BCUT2D eigenvalue weighted by atomic mass is 9.94. The molecule has 0 aromatic carbocycles. The highest BCUT2D eigenvalue weighted by molar-refractivity contribution is 5.76. The number of aliphatic hydroxyl groups is 1. The zero-order chi connectivity index (χ0) is 13.5. The molecule has 19 heavy (non-hydrogen) atoms. The molecule has 0 saturated carbocycles. The van der Waals surface area contributed by atoms with Crippen LogP contribution < -0.4 is 0 Å². The number of rotatable bonds is 6. The molecule has 1 amide bonds. The molecule has 2 aliphatic heterocycles. The number of aliphatic hydroxyl groups excluding tert-OH is 1. The second-order valence-corrected chi connectivity index (χ2v) is 5.84. The summed E-state index contributed by atoms with van der Waals surface area (Å²) in [5, 5.41) is 8.91. The Hall–Kier alpha value is -0.610. The molecular formula is C15H27NO3. The van der Waals surface area contributed by atoms with Crippen LogP contribution in [0, 0.1) is 5.92 Å². The normalized spacial score (nSPS) is 24.9. The molecule has 4 heteroatoms. The highest BCUT2D eigenvalue weighted by Gasteiger charge is 2.28. The van der Waals surface area contributed by atoms with Gasteiger partial charge in [0.1, 0.15) is 0 Å². The summed E-state index contributed by atoms with van der Waals surface area (Å²) in [6, 6.07) is 0.384. The van der Waals surface area contributed by atoms with Crippen LogP contribution in [0.1, 0.15) is 51.4 Å². The van der Waals surface area contributed by atoms with Gasteiger partial charge in [-0.2, -0.15) is 0 Å². The number of ether oxygens (including phenoxy) is 1. The van der Waals surface area contributed by atoms with E-state index >= 15 is 0 Å². The minimum absolute atomic E-state index is 0.237. The van der Waals surface area contributed by atoms with Crippen LogP contribution in [0.25, 0.3) is 0 Å². The molecule has 2 rings (SSSR count). The summed E-state index contributed by atoms with van der Waals surface area (Å²) < 4.78 is 5.35. The Labute approximate surface area is 116 Å². The number of nitrogens with zero attached hydrogens (tertiary/aromatic N) is 1. The number of amides is 1. The first-order valence-electron chi connectivity index (χ1n) is 7.79. The molecule has 1 N–H and O–H groups in total. The molecule has 110 valence electrons. The summed E-state index contributed by atoms with van der Waals surface area (Å²) in [5.41, 5.74) is 0. The summed E-state index contributed by atoms with van der Waals surface area (Å²) >= 11 is 0. The van der Waals surface area contributed by atoms with E-state index in [9.17, 15) is 4.79 Å². The van der Waals surface area contributed by atoms with E-state index in [0.717, 1.165) is 64.7 Å². The summed E-state index contributed by atoms with van der Waals surface area (Å²) in [4.78, 5) is 14.4. The Balaban J connectivity index is 1.71. The quantitative estimate of drug-likeness (QED) is 0.802. The van der Waals surface area contributed by atoms with Crippen LogP contribution in [0.5, 0.6) is 0 Å². The van der Waals surface area contributed by atoms with Crippen molar-refractivity contribution in [3.8, 4) is 0 Å². The van der Waals surface area contributed by atoms with Gasteiger partial charge in [-0.15, -0.1) is 0 Å². The predicted molar refractivity (Wildman–Crippen MR) is 73.8 cm³/mol. The van der Waals surface area contributed by atoms with Crippen molar-refractivity contribution in [2.45, 2.75) is 57.4 Å². The first-order valence-corrected chi connectivity index (χ1v) is 7.79. The molecular weight excluding hydrogens is 242 g/mol. The Morgan fingerprint density at radius 2 is 2.00 bits per heavy atom. The van der Waals surface area contributed by atoms with Gasteiger partial charge < -0.3 is 14.7 Å². The molecule has 1 unspecified atom stereocenters. The van der Waals surface area contributed by atoms with Crippen molar-refractivity contribution in [1.29, 1.82) is 0 Å². The van der Waals surface area contributed by atoms with Gasteiger partial charge in [0.25, 0.3) is 0 Å². The van der Waals surface area contributed by atoms with Crippen molar-refractivity contribution in [3.63, 3.8) is 0 Å². The van der Waals surface area contributed by atoms with Crippen LogP contribution in [-0.2, 0) is 9.53 Å². The van der Waals surface area contributed by atoms with E-state index in [4.69, 9.17) is 9.84 Å². The second-order valence-electron chi connectivity index (χ2n) is 5.84. The molecule has 0 aromatic heterocycles. The monoisotopic (exact) mass is 269 g/mol. The van der Waals surface area contributed by atoms with Crippen LogP contribution in [0.15, 0.2) is 0 Å². The van der Waals surface area contributed by atoms with Crippen LogP contribution >= 0.6 is 0 Å². The molecule has 2 heterocycles. The zero-order valence-electron chi connectivity index (χ0n) is 11.9. The van der Waals surface area contributed by atoms with E-state index in [2.05, 4.69) is 4.90 Å². The maximum Gasteiger partial charge on any atom is 0.222 e. The van der Waals surface area contributed by atoms with Gasteiger partial charge in [0.2, 0.25) is 5.91 Å². The number of carbonyl (C=O) groups is 1. The minimum Gasteiger partial charge on any atom is -0.396 e. The fourth-order valence-electron chi connectivity index (χ4n) is 3.30. The maximum absolute atomic E-state index is 12.3. The Morgan fingerprint density at radius 1 is 1.21 bits per heavy atom.